The van der Waals surface area contributed by atoms with E-state index in [0.29, 0.717) is 5.69 Å². The average Bonchev–Trinajstić information content (AvgIpc) is 2.74. The molecule has 106 valence electrons. The Morgan fingerprint density at radius 1 is 1.35 bits per heavy atom. The van der Waals surface area contributed by atoms with Gasteiger partial charge in [0.15, 0.2) is 0 Å². The molecule has 1 atom stereocenters. The number of carboxylic acids is 1. The number of carboxylic acid groups (broad SMARTS) is 1. The van der Waals surface area contributed by atoms with Crippen LogP contribution in [0.4, 0.5) is 5.69 Å². The van der Waals surface area contributed by atoms with Gasteiger partial charge in [-0.1, -0.05) is 15.9 Å². The largest absolute Gasteiger partial charge is 0.481 e. The highest BCUT2D eigenvalue weighted by Crippen LogP contribution is 2.18. The van der Waals surface area contributed by atoms with Gasteiger partial charge in [-0.3, -0.25) is 14.4 Å². The molecule has 1 aromatic rings. The molecule has 6 nitrogen and oxygen atoms in total. The van der Waals surface area contributed by atoms with Crippen molar-refractivity contribution in [3.8, 4) is 0 Å². The summed E-state index contributed by atoms with van der Waals surface area (Å²) >= 11 is 3.29. The van der Waals surface area contributed by atoms with Crippen molar-refractivity contribution in [3.05, 3.63) is 28.7 Å². The second-order valence-electron chi connectivity index (χ2n) is 4.57. The number of carbonyl (C=O) groups excluding carboxylic acids is 2. The van der Waals surface area contributed by atoms with E-state index in [1.54, 1.807) is 24.3 Å². The first-order chi connectivity index (χ1) is 9.45. The zero-order valence-corrected chi connectivity index (χ0v) is 12.1. The summed E-state index contributed by atoms with van der Waals surface area (Å²) in [4.78, 5) is 35.5. The number of aliphatic carboxylic acids is 1. The number of benzene rings is 1. The Balaban J connectivity index is 1.90. The molecule has 7 heteroatoms. The van der Waals surface area contributed by atoms with Crippen LogP contribution in [0.1, 0.15) is 6.42 Å². The molecule has 1 aliphatic rings. The van der Waals surface area contributed by atoms with Crippen molar-refractivity contribution in [1.29, 1.82) is 0 Å². The third kappa shape index (κ3) is 3.57. The number of rotatable bonds is 4. The highest BCUT2D eigenvalue weighted by Gasteiger charge is 2.34. The molecule has 0 aromatic heterocycles. The molecule has 20 heavy (non-hydrogen) atoms. The van der Waals surface area contributed by atoms with Crippen molar-refractivity contribution in [2.24, 2.45) is 5.92 Å². The van der Waals surface area contributed by atoms with Crippen LogP contribution in [0.3, 0.4) is 0 Å². The third-order valence-corrected chi connectivity index (χ3v) is 3.55. The zero-order chi connectivity index (χ0) is 14.7. The summed E-state index contributed by atoms with van der Waals surface area (Å²) in [6, 6.07) is 7.04. The maximum absolute atomic E-state index is 11.8. The van der Waals surface area contributed by atoms with Crippen molar-refractivity contribution in [2.75, 3.05) is 18.4 Å². The number of amides is 2. The first-order valence-corrected chi connectivity index (χ1v) is 6.81. The second-order valence-corrected chi connectivity index (χ2v) is 5.48. The normalized spacial score (nSPS) is 18.1. The summed E-state index contributed by atoms with van der Waals surface area (Å²) in [5, 5.41) is 11.5. The van der Waals surface area contributed by atoms with E-state index in [2.05, 4.69) is 21.2 Å². The summed E-state index contributed by atoms with van der Waals surface area (Å²) in [6.45, 7) is -0.0411. The lowest BCUT2D eigenvalue weighted by Gasteiger charge is -2.15. The van der Waals surface area contributed by atoms with Crippen LogP contribution >= 0.6 is 15.9 Å². The van der Waals surface area contributed by atoms with Gasteiger partial charge in [-0.15, -0.1) is 0 Å². The number of hydrogen-bond acceptors (Lipinski definition) is 3. The second kappa shape index (κ2) is 6.04. The first-order valence-electron chi connectivity index (χ1n) is 6.01. The summed E-state index contributed by atoms with van der Waals surface area (Å²) in [5.74, 6) is -2.37. The molecule has 0 radical (unpaired) electrons. The Labute approximate surface area is 123 Å². The number of hydrogen-bond donors (Lipinski definition) is 2. The summed E-state index contributed by atoms with van der Waals surface area (Å²) in [5.41, 5.74) is 0.625. The van der Waals surface area contributed by atoms with Crippen LogP contribution in [0, 0.1) is 5.92 Å². The number of carbonyl (C=O) groups is 3. The number of likely N-dealkylation sites (tertiary alicyclic amines) is 1. The predicted molar refractivity (Wildman–Crippen MR) is 75.1 cm³/mol. The third-order valence-electron chi connectivity index (χ3n) is 3.03. The summed E-state index contributed by atoms with van der Waals surface area (Å²) in [7, 11) is 0. The molecule has 1 saturated heterocycles. The first kappa shape index (κ1) is 14.5. The number of nitrogens with zero attached hydrogens (tertiary/aromatic N) is 1. The highest BCUT2D eigenvalue weighted by molar-refractivity contribution is 9.10. The molecular formula is C13H13BrN2O4. The lowest BCUT2D eigenvalue weighted by atomic mass is 10.1. The Bertz CT molecular complexity index is 544. The molecule has 0 bridgehead atoms. The fourth-order valence-electron chi connectivity index (χ4n) is 2.00. The quantitative estimate of drug-likeness (QED) is 0.865. The van der Waals surface area contributed by atoms with Gasteiger partial charge in [0.2, 0.25) is 11.8 Å². The van der Waals surface area contributed by atoms with Gasteiger partial charge < -0.3 is 15.3 Å². The van der Waals surface area contributed by atoms with Crippen molar-refractivity contribution in [3.63, 3.8) is 0 Å². The van der Waals surface area contributed by atoms with Crippen molar-refractivity contribution in [2.45, 2.75) is 6.42 Å². The summed E-state index contributed by atoms with van der Waals surface area (Å²) < 4.78 is 0.898. The SMILES string of the molecule is O=C(CN1CC(C(=O)O)CC1=O)Nc1ccc(Br)cc1. The van der Waals surface area contributed by atoms with E-state index in [1.807, 2.05) is 0 Å². The molecule has 0 saturated carbocycles. The van der Waals surface area contributed by atoms with Crippen LogP contribution < -0.4 is 5.32 Å². The van der Waals surface area contributed by atoms with E-state index in [0.717, 1.165) is 4.47 Å². The fraction of sp³-hybridized carbons (Fsp3) is 0.308. The van der Waals surface area contributed by atoms with Crippen LogP contribution in [0.25, 0.3) is 0 Å². The van der Waals surface area contributed by atoms with Crippen LogP contribution in [-0.2, 0) is 14.4 Å². The monoisotopic (exact) mass is 340 g/mol. The van der Waals surface area contributed by atoms with Gasteiger partial charge in [-0.2, -0.15) is 0 Å². The van der Waals surface area contributed by atoms with Crippen LogP contribution in [0.15, 0.2) is 28.7 Å². The van der Waals surface area contributed by atoms with Gasteiger partial charge in [0, 0.05) is 23.1 Å². The van der Waals surface area contributed by atoms with E-state index in [9.17, 15) is 14.4 Å². The van der Waals surface area contributed by atoms with Crippen LogP contribution in [0.5, 0.6) is 0 Å². The molecule has 0 aliphatic carbocycles. The molecule has 2 rings (SSSR count). The highest BCUT2D eigenvalue weighted by atomic mass is 79.9. The molecule has 2 N–H and O–H groups in total. The Kier molecular flexibility index (Phi) is 4.39. The van der Waals surface area contributed by atoms with Gasteiger partial charge in [-0.05, 0) is 24.3 Å². The smallest absolute Gasteiger partial charge is 0.308 e. The molecule has 1 heterocycles. The molecule has 2 amide bonds. The molecule has 1 aliphatic heterocycles. The lowest BCUT2D eigenvalue weighted by molar-refractivity contribution is -0.141. The van der Waals surface area contributed by atoms with Gasteiger partial charge >= 0.3 is 5.97 Å². The minimum atomic E-state index is -1.01. The molecule has 1 fully saturated rings. The van der Waals surface area contributed by atoms with Gasteiger partial charge in [0.05, 0.1) is 12.5 Å². The summed E-state index contributed by atoms with van der Waals surface area (Å²) in [6.07, 6.45) is -0.0408. The predicted octanol–water partition coefficient (Wildman–Crippen LogP) is 1.32. The van der Waals surface area contributed by atoms with E-state index >= 15 is 0 Å². The van der Waals surface area contributed by atoms with Gasteiger partial charge in [-0.25, -0.2) is 0 Å². The maximum atomic E-state index is 11.8. The van der Waals surface area contributed by atoms with E-state index in [-0.39, 0.29) is 31.3 Å². The fourth-order valence-corrected chi connectivity index (χ4v) is 2.26. The van der Waals surface area contributed by atoms with Crippen LogP contribution in [0.2, 0.25) is 0 Å². The molecule has 0 spiro atoms. The van der Waals surface area contributed by atoms with E-state index in [4.69, 9.17) is 5.11 Å². The number of halogens is 1. The number of anilines is 1. The molecule has 1 aromatic carbocycles. The topological polar surface area (TPSA) is 86.7 Å². The minimum Gasteiger partial charge on any atom is -0.481 e. The van der Waals surface area contributed by atoms with Crippen molar-refractivity contribution in [1.82, 2.24) is 4.90 Å². The minimum absolute atomic E-state index is 0.0408. The van der Waals surface area contributed by atoms with E-state index in [1.165, 1.54) is 4.90 Å². The van der Waals surface area contributed by atoms with Crippen molar-refractivity contribution < 1.29 is 19.5 Å². The Morgan fingerprint density at radius 3 is 2.55 bits per heavy atom. The molecule has 1 unspecified atom stereocenters. The standard InChI is InChI=1S/C13H13BrN2O4/c14-9-1-3-10(4-2-9)15-11(17)7-16-6-8(13(19)20)5-12(16)18/h1-4,8H,5-7H2,(H,15,17)(H,19,20). The Morgan fingerprint density at radius 2 is 2.00 bits per heavy atom. The number of nitrogens with one attached hydrogen (secondary N) is 1. The molecular weight excluding hydrogens is 328 g/mol. The lowest BCUT2D eigenvalue weighted by Crippen LogP contribution is -2.34. The van der Waals surface area contributed by atoms with E-state index < -0.39 is 11.9 Å². The van der Waals surface area contributed by atoms with Gasteiger partial charge in [0.1, 0.15) is 0 Å². The average molecular weight is 341 g/mol. The van der Waals surface area contributed by atoms with Crippen LogP contribution in [-0.4, -0.2) is 40.9 Å². The zero-order valence-electron chi connectivity index (χ0n) is 10.5. The maximum Gasteiger partial charge on any atom is 0.308 e. The Hall–Kier alpha value is -1.89. The van der Waals surface area contributed by atoms with Crippen molar-refractivity contribution >= 4 is 39.4 Å². The van der Waals surface area contributed by atoms with Gasteiger partial charge in [0.25, 0.3) is 0 Å².